The Morgan fingerprint density at radius 1 is 1.50 bits per heavy atom. The van der Waals surface area contributed by atoms with Gasteiger partial charge in [0, 0.05) is 18.2 Å². The molecule has 1 unspecified atom stereocenters. The quantitative estimate of drug-likeness (QED) is 0.732. The molecule has 0 saturated heterocycles. The normalized spacial score (nSPS) is 12.5. The van der Waals surface area contributed by atoms with E-state index in [1.165, 1.54) is 6.07 Å². The molecule has 0 aliphatic rings. The van der Waals surface area contributed by atoms with Gasteiger partial charge in [0.2, 0.25) is 0 Å². The Morgan fingerprint density at radius 3 is 2.86 bits per heavy atom. The van der Waals surface area contributed by atoms with Crippen LogP contribution in [0.1, 0.15) is 12.5 Å². The molecule has 76 valence electrons. The van der Waals surface area contributed by atoms with Gasteiger partial charge in [-0.3, -0.25) is 0 Å². The molecule has 14 heavy (non-hydrogen) atoms. The first-order valence-corrected chi connectivity index (χ1v) is 4.44. The van der Waals surface area contributed by atoms with Gasteiger partial charge in [-0.2, -0.15) is 0 Å². The van der Waals surface area contributed by atoms with Crippen LogP contribution >= 0.6 is 0 Å². The fraction of sp³-hybridized carbons (Fsp3) is 0.273. The van der Waals surface area contributed by atoms with Crippen LogP contribution in [0.25, 0.3) is 0 Å². The molecule has 0 spiro atoms. The van der Waals surface area contributed by atoms with Crippen LogP contribution in [-0.4, -0.2) is 6.04 Å². The average Bonchev–Trinajstić information content (AvgIpc) is 2.20. The molecular weight excluding hydrogens is 184 g/mol. The largest absolute Gasteiger partial charge is 0.307 e. The van der Waals surface area contributed by atoms with E-state index in [1.807, 2.05) is 6.92 Å². The van der Waals surface area contributed by atoms with E-state index in [4.69, 9.17) is 0 Å². The molecule has 1 aromatic carbocycles. The molecule has 0 aliphatic carbocycles. The zero-order valence-electron chi connectivity index (χ0n) is 8.06. The Bertz CT molecular complexity index is 323. The summed E-state index contributed by atoms with van der Waals surface area (Å²) in [5.41, 5.74) is 0.332. The van der Waals surface area contributed by atoms with E-state index in [0.29, 0.717) is 12.1 Å². The van der Waals surface area contributed by atoms with Crippen molar-refractivity contribution in [1.29, 1.82) is 0 Å². The van der Waals surface area contributed by atoms with E-state index < -0.39 is 11.6 Å². The van der Waals surface area contributed by atoms with Crippen molar-refractivity contribution in [3.05, 3.63) is 48.1 Å². The molecule has 1 atom stereocenters. The Morgan fingerprint density at radius 2 is 2.21 bits per heavy atom. The predicted octanol–water partition coefficient (Wildman–Crippen LogP) is 2.63. The van der Waals surface area contributed by atoms with Gasteiger partial charge in [0.1, 0.15) is 0 Å². The van der Waals surface area contributed by atoms with Crippen molar-refractivity contribution in [1.82, 2.24) is 5.32 Å². The van der Waals surface area contributed by atoms with E-state index in [9.17, 15) is 8.78 Å². The maximum absolute atomic E-state index is 13.1. The second kappa shape index (κ2) is 4.86. The van der Waals surface area contributed by atoms with Gasteiger partial charge in [-0.05, 0) is 13.0 Å². The summed E-state index contributed by atoms with van der Waals surface area (Å²) in [4.78, 5) is 0. The SMILES string of the molecule is C=CC(C)NCc1cccc(F)c1F. The predicted molar refractivity (Wildman–Crippen MR) is 52.9 cm³/mol. The molecule has 1 nitrogen and oxygen atoms in total. The van der Waals surface area contributed by atoms with Crippen molar-refractivity contribution in [2.24, 2.45) is 0 Å². The standard InChI is InChI=1S/C11H13F2N/c1-3-8(2)14-7-9-5-4-6-10(12)11(9)13/h3-6,8,14H,1,7H2,2H3. The summed E-state index contributed by atoms with van der Waals surface area (Å²) in [6.45, 7) is 5.78. The molecule has 0 aliphatic heterocycles. The molecule has 0 saturated carbocycles. The van der Waals surface area contributed by atoms with Gasteiger partial charge < -0.3 is 5.32 Å². The van der Waals surface area contributed by atoms with Crippen molar-refractivity contribution in [2.75, 3.05) is 0 Å². The van der Waals surface area contributed by atoms with E-state index in [1.54, 1.807) is 12.1 Å². The first-order chi connectivity index (χ1) is 6.65. The summed E-state index contributed by atoms with van der Waals surface area (Å²) in [7, 11) is 0. The highest BCUT2D eigenvalue weighted by Gasteiger charge is 2.07. The summed E-state index contributed by atoms with van der Waals surface area (Å²) in [5.74, 6) is -1.59. The van der Waals surface area contributed by atoms with Crippen molar-refractivity contribution >= 4 is 0 Å². The zero-order valence-corrected chi connectivity index (χ0v) is 8.06. The minimum Gasteiger partial charge on any atom is -0.307 e. The lowest BCUT2D eigenvalue weighted by molar-refractivity contribution is 0.490. The Labute approximate surface area is 82.4 Å². The summed E-state index contributed by atoms with van der Waals surface area (Å²) < 4.78 is 25.9. The first-order valence-electron chi connectivity index (χ1n) is 4.44. The van der Waals surface area contributed by atoms with Gasteiger partial charge >= 0.3 is 0 Å². The monoisotopic (exact) mass is 197 g/mol. The molecule has 0 amide bonds. The number of hydrogen-bond acceptors (Lipinski definition) is 1. The van der Waals surface area contributed by atoms with E-state index >= 15 is 0 Å². The molecular formula is C11H13F2N. The van der Waals surface area contributed by atoms with Crippen LogP contribution in [0.2, 0.25) is 0 Å². The summed E-state index contributed by atoms with van der Waals surface area (Å²) in [6, 6.07) is 4.24. The maximum atomic E-state index is 13.1. The van der Waals surface area contributed by atoms with Crippen molar-refractivity contribution in [2.45, 2.75) is 19.5 Å². The van der Waals surface area contributed by atoms with Gasteiger partial charge in [-0.25, -0.2) is 8.78 Å². The lowest BCUT2D eigenvalue weighted by Gasteiger charge is -2.09. The second-order valence-corrected chi connectivity index (χ2v) is 3.12. The van der Waals surface area contributed by atoms with Crippen LogP contribution < -0.4 is 5.32 Å². The van der Waals surface area contributed by atoms with Crippen LogP contribution in [0.15, 0.2) is 30.9 Å². The van der Waals surface area contributed by atoms with Crippen LogP contribution in [0.4, 0.5) is 8.78 Å². The average molecular weight is 197 g/mol. The third-order valence-electron chi connectivity index (χ3n) is 2.00. The summed E-state index contributed by atoms with van der Waals surface area (Å²) >= 11 is 0. The minimum absolute atomic E-state index is 0.0812. The molecule has 0 heterocycles. The Hall–Kier alpha value is -1.22. The molecule has 0 radical (unpaired) electrons. The highest BCUT2D eigenvalue weighted by atomic mass is 19.2. The maximum Gasteiger partial charge on any atom is 0.163 e. The number of nitrogens with one attached hydrogen (secondary N) is 1. The molecule has 1 aromatic rings. The lowest BCUT2D eigenvalue weighted by Crippen LogP contribution is -2.23. The number of benzene rings is 1. The molecule has 0 fully saturated rings. The van der Waals surface area contributed by atoms with Gasteiger partial charge in [0.15, 0.2) is 11.6 Å². The Balaban J connectivity index is 2.67. The smallest absolute Gasteiger partial charge is 0.163 e. The third kappa shape index (κ3) is 2.64. The van der Waals surface area contributed by atoms with Crippen molar-refractivity contribution < 1.29 is 8.78 Å². The minimum atomic E-state index is -0.810. The lowest BCUT2D eigenvalue weighted by atomic mass is 10.2. The van der Waals surface area contributed by atoms with Crippen LogP contribution in [0, 0.1) is 11.6 Å². The van der Waals surface area contributed by atoms with Gasteiger partial charge in [0.25, 0.3) is 0 Å². The van der Waals surface area contributed by atoms with Gasteiger partial charge in [-0.1, -0.05) is 18.2 Å². The van der Waals surface area contributed by atoms with Gasteiger partial charge in [0.05, 0.1) is 0 Å². The van der Waals surface area contributed by atoms with Crippen LogP contribution in [0.3, 0.4) is 0 Å². The fourth-order valence-electron chi connectivity index (χ4n) is 1.04. The highest BCUT2D eigenvalue weighted by molar-refractivity contribution is 5.18. The number of halogens is 2. The zero-order chi connectivity index (χ0) is 10.6. The molecule has 1 rings (SSSR count). The fourth-order valence-corrected chi connectivity index (χ4v) is 1.04. The highest BCUT2D eigenvalue weighted by Crippen LogP contribution is 2.10. The van der Waals surface area contributed by atoms with Crippen molar-refractivity contribution in [3.63, 3.8) is 0 Å². The molecule has 3 heteroatoms. The summed E-state index contributed by atoms with van der Waals surface area (Å²) in [6.07, 6.45) is 1.71. The topological polar surface area (TPSA) is 12.0 Å². The van der Waals surface area contributed by atoms with Gasteiger partial charge in [-0.15, -0.1) is 6.58 Å². The number of rotatable bonds is 4. The van der Waals surface area contributed by atoms with Crippen molar-refractivity contribution in [3.8, 4) is 0 Å². The number of hydrogen-bond donors (Lipinski definition) is 1. The molecule has 1 N–H and O–H groups in total. The van der Waals surface area contributed by atoms with E-state index in [0.717, 1.165) is 6.07 Å². The second-order valence-electron chi connectivity index (χ2n) is 3.12. The van der Waals surface area contributed by atoms with Crippen LogP contribution in [0.5, 0.6) is 0 Å². The summed E-state index contributed by atoms with van der Waals surface area (Å²) in [5, 5.41) is 2.99. The third-order valence-corrected chi connectivity index (χ3v) is 2.00. The molecule has 0 bridgehead atoms. The first kappa shape index (κ1) is 10.9. The van der Waals surface area contributed by atoms with E-state index in [-0.39, 0.29) is 6.04 Å². The Kier molecular flexibility index (Phi) is 3.77. The van der Waals surface area contributed by atoms with E-state index in [2.05, 4.69) is 11.9 Å². The molecule has 0 aromatic heterocycles. The van der Waals surface area contributed by atoms with Crippen LogP contribution in [-0.2, 0) is 6.54 Å².